The van der Waals surface area contributed by atoms with E-state index in [9.17, 15) is 13.2 Å². The molecule has 3 rings (SSSR count). The smallest absolute Gasteiger partial charge is 0.333 e. The van der Waals surface area contributed by atoms with Crippen LogP contribution < -0.4 is 9.80 Å². The number of aromatic amines is 1. The van der Waals surface area contributed by atoms with Crippen molar-refractivity contribution in [3.8, 4) is 0 Å². The maximum atomic E-state index is 12.7. The van der Waals surface area contributed by atoms with Gasteiger partial charge in [0.1, 0.15) is 11.7 Å². The van der Waals surface area contributed by atoms with Crippen molar-refractivity contribution in [2.24, 2.45) is 0 Å². The maximum Gasteiger partial charge on any atom is 0.416 e. The van der Waals surface area contributed by atoms with Crippen LogP contribution in [0.2, 0.25) is 0 Å². The molecule has 0 atom stereocenters. The number of anilines is 2. The van der Waals surface area contributed by atoms with E-state index >= 15 is 0 Å². The van der Waals surface area contributed by atoms with E-state index in [1.54, 1.807) is 11.1 Å². The van der Waals surface area contributed by atoms with E-state index < -0.39 is 11.7 Å². The summed E-state index contributed by atoms with van der Waals surface area (Å²) >= 11 is 0. The number of hydrogen-bond acceptors (Lipinski definition) is 3. The van der Waals surface area contributed by atoms with Crippen LogP contribution >= 0.6 is 0 Å². The van der Waals surface area contributed by atoms with Crippen molar-refractivity contribution in [2.45, 2.75) is 32.5 Å². The van der Waals surface area contributed by atoms with Gasteiger partial charge >= 0.3 is 6.18 Å². The average molecular weight is 337 g/mol. The second-order valence-corrected chi connectivity index (χ2v) is 6.69. The van der Waals surface area contributed by atoms with Crippen LogP contribution in [0, 0.1) is 5.41 Å². The molecule has 2 aromatic rings. The molecule has 1 aromatic heterocycles. The van der Waals surface area contributed by atoms with Crippen LogP contribution in [0.5, 0.6) is 0 Å². The largest absolute Gasteiger partial charge is 0.416 e. The van der Waals surface area contributed by atoms with Crippen molar-refractivity contribution in [1.82, 2.24) is 10.2 Å². The molecule has 0 amide bonds. The zero-order valence-corrected chi connectivity index (χ0v) is 13.6. The molecule has 1 aliphatic heterocycles. The maximum absolute atomic E-state index is 12.7. The van der Waals surface area contributed by atoms with Gasteiger partial charge in [0.05, 0.1) is 24.0 Å². The molecule has 128 valence electrons. The van der Waals surface area contributed by atoms with Gasteiger partial charge in [-0.2, -0.15) is 18.3 Å². The molecule has 0 fully saturated rings. The summed E-state index contributed by atoms with van der Waals surface area (Å²) in [5.74, 6) is 0.953. The van der Waals surface area contributed by atoms with Crippen LogP contribution in [0.4, 0.5) is 24.7 Å². The molecular formula is C16H18F3N5. The summed E-state index contributed by atoms with van der Waals surface area (Å²) in [5.41, 5.74) is 0.211. The van der Waals surface area contributed by atoms with Gasteiger partial charge < -0.3 is 9.80 Å². The molecule has 24 heavy (non-hydrogen) atoms. The highest BCUT2D eigenvalue weighted by Gasteiger charge is 2.35. The highest BCUT2D eigenvalue weighted by atomic mass is 19.4. The Balaban J connectivity index is 1.99. The van der Waals surface area contributed by atoms with E-state index in [4.69, 9.17) is 5.41 Å². The van der Waals surface area contributed by atoms with Crippen LogP contribution in [0.1, 0.15) is 31.9 Å². The van der Waals surface area contributed by atoms with Crippen LogP contribution in [0.25, 0.3) is 0 Å². The Kier molecular flexibility index (Phi) is 3.58. The standard InChI is InChI=1S/C16H18F3N5/c1-15(2,3)24-9-23(13(20)12-8-21-22-14(12)24)11-6-4-10(5-7-11)16(17,18)19/h4-8,20H,9H2,1-3H3,(H,21,22). The number of rotatable bonds is 1. The highest BCUT2D eigenvalue weighted by Crippen LogP contribution is 2.35. The monoisotopic (exact) mass is 337 g/mol. The molecule has 0 unspecified atom stereocenters. The van der Waals surface area contributed by atoms with Crippen molar-refractivity contribution < 1.29 is 13.2 Å². The van der Waals surface area contributed by atoms with Crippen LogP contribution in [0.3, 0.4) is 0 Å². The molecule has 1 aliphatic rings. The van der Waals surface area contributed by atoms with Gasteiger partial charge in [0.15, 0.2) is 0 Å². The van der Waals surface area contributed by atoms with E-state index in [-0.39, 0.29) is 11.4 Å². The summed E-state index contributed by atoms with van der Waals surface area (Å²) in [5, 5.41) is 15.3. The minimum atomic E-state index is -4.37. The van der Waals surface area contributed by atoms with Crippen molar-refractivity contribution in [3.05, 3.63) is 41.6 Å². The molecule has 0 bridgehead atoms. The minimum absolute atomic E-state index is 0.207. The number of nitrogens with one attached hydrogen (secondary N) is 2. The average Bonchev–Trinajstić information content (AvgIpc) is 2.95. The predicted octanol–water partition coefficient (Wildman–Crippen LogP) is 3.84. The number of hydrogen-bond donors (Lipinski definition) is 2. The minimum Gasteiger partial charge on any atom is -0.333 e. The lowest BCUT2D eigenvalue weighted by molar-refractivity contribution is -0.137. The zero-order chi connectivity index (χ0) is 17.7. The van der Waals surface area contributed by atoms with Crippen LogP contribution in [-0.4, -0.2) is 28.2 Å². The summed E-state index contributed by atoms with van der Waals surface area (Å²) < 4.78 is 38.2. The summed E-state index contributed by atoms with van der Waals surface area (Å²) in [6, 6.07) is 4.86. The third-order valence-corrected chi connectivity index (χ3v) is 4.01. The lowest BCUT2D eigenvalue weighted by Crippen LogP contribution is -2.54. The van der Waals surface area contributed by atoms with Crippen LogP contribution in [-0.2, 0) is 6.18 Å². The van der Waals surface area contributed by atoms with Crippen molar-refractivity contribution >= 4 is 17.3 Å². The van der Waals surface area contributed by atoms with Gasteiger partial charge in [0.25, 0.3) is 0 Å². The van der Waals surface area contributed by atoms with Crippen molar-refractivity contribution in [2.75, 3.05) is 16.5 Å². The first-order valence-electron chi connectivity index (χ1n) is 7.44. The lowest BCUT2D eigenvalue weighted by Gasteiger charge is -2.44. The molecule has 8 heteroatoms. The molecule has 1 aromatic carbocycles. The number of aromatic nitrogens is 2. The number of amidine groups is 1. The third kappa shape index (κ3) is 2.72. The fraction of sp³-hybridized carbons (Fsp3) is 0.375. The van der Waals surface area contributed by atoms with Crippen molar-refractivity contribution in [1.29, 1.82) is 5.41 Å². The second-order valence-electron chi connectivity index (χ2n) is 6.69. The summed E-state index contributed by atoms with van der Waals surface area (Å²) in [6.45, 7) is 6.43. The molecule has 0 radical (unpaired) electrons. The predicted molar refractivity (Wildman–Crippen MR) is 86.4 cm³/mol. The Hall–Kier alpha value is -2.51. The van der Waals surface area contributed by atoms with E-state index in [1.807, 2.05) is 25.7 Å². The summed E-state index contributed by atoms with van der Waals surface area (Å²) in [6.07, 6.45) is -2.81. The third-order valence-electron chi connectivity index (χ3n) is 4.01. The lowest BCUT2D eigenvalue weighted by atomic mass is 10.0. The number of H-pyrrole nitrogens is 1. The Morgan fingerprint density at radius 3 is 2.29 bits per heavy atom. The molecular weight excluding hydrogens is 319 g/mol. The van der Waals surface area contributed by atoms with Gasteiger partial charge in [-0.15, -0.1) is 0 Å². The fourth-order valence-corrected chi connectivity index (χ4v) is 2.68. The molecule has 0 spiro atoms. The van der Waals surface area contributed by atoms with Crippen molar-refractivity contribution in [3.63, 3.8) is 0 Å². The quantitative estimate of drug-likeness (QED) is 0.831. The van der Waals surface area contributed by atoms with E-state index in [2.05, 4.69) is 10.2 Å². The van der Waals surface area contributed by atoms with E-state index in [1.165, 1.54) is 12.1 Å². The van der Waals surface area contributed by atoms with Gasteiger partial charge in [-0.3, -0.25) is 10.5 Å². The first-order valence-corrected chi connectivity index (χ1v) is 7.44. The van der Waals surface area contributed by atoms with Gasteiger partial charge in [0.2, 0.25) is 0 Å². The number of halogens is 3. The number of benzene rings is 1. The van der Waals surface area contributed by atoms with E-state index in [0.717, 1.165) is 18.0 Å². The molecule has 0 aliphatic carbocycles. The van der Waals surface area contributed by atoms with Gasteiger partial charge in [-0.25, -0.2) is 0 Å². The first-order chi connectivity index (χ1) is 11.1. The van der Waals surface area contributed by atoms with Gasteiger partial charge in [-0.05, 0) is 45.0 Å². The van der Waals surface area contributed by atoms with Gasteiger partial charge in [-0.1, -0.05) is 0 Å². The Bertz CT molecular complexity index is 755. The first kappa shape index (κ1) is 16.4. The summed E-state index contributed by atoms with van der Waals surface area (Å²) in [7, 11) is 0. The van der Waals surface area contributed by atoms with Gasteiger partial charge in [0, 0.05) is 11.2 Å². The van der Waals surface area contributed by atoms with E-state index in [0.29, 0.717) is 17.9 Å². The Morgan fingerprint density at radius 1 is 1.12 bits per heavy atom. The second kappa shape index (κ2) is 5.25. The molecule has 2 N–H and O–H groups in total. The number of alkyl halides is 3. The molecule has 2 heterocycles. The number of fused-ring (bicyclic) bond motifs is 1. The zero-order valence-electron chi connectivity index (χ0n) is 13.6. The van der Waals surface area contributed by atoms with Crippen LogP contribution in [0.15, 0.2) is 30.5 Å². The Labute approximate surface area is 137 Å². The number of nitrogens with zero attached hydrogens (tertiary/aromatic N) is 3. The highest BCUT2D eigenvalue weighted by molar-refractivity contribution is 6.12. The fourth-order valence-electron chi connectivity index (χ4n) is 2.68. The SMILES string of the molecule is CC(C)(C)N1CN(c2ccc(C(F)(F)F)cc2)C(=N)c2cn[nH]c21. The molecule has 5 nitrogen and oxygen atoms in total. The molecule has 0 saturated heterocycles. The topological polar surface area (TPSA) is 59.0 Å². The molecule has 0 saturated carbocycles. The normalized spacial score (nSPS) is 15.7. The Morgan fingerprint density at radius 2 is 1.75 bits per heavy atom. The summed E-state index contributed by atoms with van der Waals surface area (Å²) in [4.78, 5) is 3.70.